The number of nitriles is 1. The standard InChI is InChI=1S/C14H16N2O/c1-17-13-6-14(7-13)9-16(10-14)12-4-2-11(8-15)3-5-12/h2-5,13H,6-7,9-10H2,1H3. The highest BCUT2D eigenvalue weighted by Gasteiger charge is 2.52. The van der Waals surface area contributed by atoms with Crippen LogP contribution in [0.25, 0.3) is 0 Å². The van der Waals surface area contributed by atoms with Gasteiger partial charge in [0.1, 0.15) is 0 Å². The van der Waals surface area contributed by atoms with Crippen LogP contribution in [0.2, 0.25) is 0 Å². The maximum Gasteiger partial charge on any atom is 0.0991 e. The molecule has 1 spiro atoms. The van der Waals surface area contributed by atoms with Crippen molar-refractivity contribution in [2.24, 2.45) is 5.41 Å². The Labute approximate surface area is 102 Å². The number of hydrogen-bond acceptors (Lipinski definition) is 3. The maximum atomic E-state index is 8.75. The van der Waals surface area contributed by atoms with Crippen molar-refractivity contribution in [3.8, 4) is 6.07 Å². The molecule has 1 saturated heterocycles. The lowest BCUT2D eigenvalue weighted by Gasteiger charge is -2.59. The average Bonchev–Trinajstić information content (AvgIpc) is 2.27. The van der Waals surface area contributed by atoms with Gasteiger partial charge >= 0.3 is 0 Å². The van der Waals surface area contributed by atoms with E-state index in [1.807, 2.05) is 24.3 Å². The summed E-state index contributed by atoms with van der Waals surface area (Å²) >= 11 is 0. The molecular formula is C14H16N2O. The molecule has 1 heterocycles. The molecule has 1 aliphatic carbocycles. The van der Waals surface area contributed by atoms with Gasteiger partial charge in [0.15, 0.2) is 0 Å². The van der Waals surface area contributed by atoms with Crippen LogP contribution in [-0.4, -0.2) is 26.3 Å². The van der Waals surface area contributed by atoms with Gasteiger partial charge < -0.3 is 9.64 Å². The summed E-state index contributed by atoms with van der Waals surface area (Å²) in [6.45, 7) is 2.28. The van der Waals surface area contributed by atoms with Crippen LogP contribution in [-0.2, 0) is 4.74 Å². The van der Waals surface area contributed by atoms with Crippen molar-refractivity contribution in [2.75, 3.05) is 25.1 Å². The number of rotatable bonds is 2. The van der Waals surface area contributed by atoms with Crippen LogP contribution >= 0.6 is 0 Å². The highest BCUT2D eigenvalue weighted by Crippen LogP contribution is 2.50. The van der Waals surface area contributed by atoms with Crippen molar-refractivity contribution in [3.05, 3.63) is 29.8 Å². The van der Waals surface area contributed by atoms with Gasteiger partial charge in [-0.3, -0.25) is 0 Å². The Hall–Kier alpha value is -1.53. The van der Waals surface area contributed by atoms with Crippen molar-refractivity contribution < 1.29 is 4.74 Å². The molecule has 0 amide bonds. The summed E-state index contributed by atoms with van der Waals surface area (Å²) in [6, 6.07) is 10.0. The molecule has 1 aliphatic heterocycles. The Morgan fingerprint density at radius 2 is 1.94 bits per heavy atom. The number of anilines is 1. The molecule has 2 aliphatic rings. The molecule has 88 valence electrons. The van der Waals surface area contributed by atoms with E-state index in [0.29, 0.717) is 11.5 Å². The first-order chi connectivity index (χ1) is 8.24. The second-order valence-corrected chi connectivity index (χ2v) is 5.28. The van der Waals surface area contributed by atoms with E-state index in [2.05, 4.69) is 11.0 Å². The minimum absolute atomic E-state index is 0.484. The normalized spacial score (nSPS) is 21.8. The summed E-state index contributed by atoms with van der Waals surface area (Å²) in [7, 11) is 1.80. The summed E-state index contributed by atoms with van der Waals surface area (Å²) in [6.07, 6.45) is 2.89. The predicted molar refractivity (Wildman–Crippen MR) is 65.8 cm³/mol. The van der Waals surface area contributed by atoms with Gasteiger partial charge in [-0.05, 0) is 37.1 Å². The van der Waals surface area contributed by atoms with Gasteiger partial charge in [-0.2, -0.15) is 5.26 Å². The van der Waals surface area contributed by atoms with Crippen LogP contribution in [0, 0.1) is 16.7 Å². The molecule has 3 rings (SSSR count). The Morgan fingerprint density at radius 3 is 2.47 bits per heavy atom. The fourth-order valence-corrected chi connectivity index (χ4v) is 3.02. The quantitative estimate of drug-likeness (QED) is 0.778. The molecule has 0 bridgehead atoms. The molecule has 0 N–H and O–H groups in total. The maximum absolute atomic E-state index is 8.75. The Morgan fingerprint density at radius 1 is 1.29 bits per heavy atom. The van der Waals surface area contributed by atoms with Gasteiger partial charge in [0.05, 0.1) is 17.7 Å². The van der Waals surface area contributed by atoms with Crippen molar-refractivity contribution in [1.82, 2.24) is 0 Å². The number of ether oxygens (including phenoxy) is 1. The van der Waals surface area contributed by atoms with Crippen LogP contribution in [0.1, 0.15) is 18.4 Å². The highest BCUT2D eigenvalue weighted by atomic mass is 16.5. The summed E-state index contributed by atoms with van der Waals surface area (Å²) in [5.41, 5.74) is 2.48. The van der Waals surface area contributed by atoms with E-state index in [1.165, 1.54) is 18.5 Å². The zero-order valence-electron chi connectivity index (χ0n) is 10.0. The fourth-order valence-electron chi connectivity index (χ4n) is 3.02. The van der Waals surface area contributed by atoms with E-state index in [-0.39, 0.29) is 0 Å². The molecule has 0 atom stereocenters. The van der Waals surface area contributed by atoms with Crippen molar-refractivity contribution >= 4 is 5.69 Å². The SMILES string of the molecule is COC1CC2(C1)CN(c1ccc(C#N)cc1)C2. The molecule has 3 nitrogen and oxygen atoms in total. The number of nitrogens with zero attached hydrogens (tertiary/aromatic N) is 2. The Kier molecular flexibility index (Phi) is 2.34. The second kappa shape index (κ2) is 3.75. The number of hydrogen-bond donors (Lipinski definition) is 0. The lowest BCUT2D eigenvalue weighted by Crippen LogP contribution is -2.64. The Balaban J connectivity index is 1.60. The van der Waals surface area contributed by atoms with Gasteiger partial charge in [-0.1, -0.05) is 0 Å². The third kappa shape index (κ3) is 1.69. The lowest BCUT2D eigenvalue weighted by atomic mass is 9.61. The largest absolute Gasteiger partial charge is 0.381 e. The molecule has 0 aromatic heterocycles. The van der Waals surface area contributed by atoms with Crippen LogP contribution in [0.5, 0.6) is 0 Å². The molecule has 17 heavy (non-hydrogen) atoms. The van der Waals surface area contributed by atoms with Crippen molar-refractivity contribution in [1.29, 1.82) is 5.26 Å². The third-order valence-corrected chi connectivity index (χ3v) is 4.07. The first kappa shape index (κ1) is 10.6. The van der Waals surface area contributed by atoms with Crippen LogP contribution in [0.3, 0.4) is 0 Å². The minimum atomic E-state index is 0.484. The zero-order valence-corrected chi connectivity index (χ0v) is 10.0. The van der Waals surface area contributed by atoms with Gasteiger partial charge in [0.2, 0.25) is 0 Å². The third-order valence-electron chi connectivity index (χ3n) is 4.07. The van der Waals surface area contributed by atoms with Crippen LogP contribution in [0.15, 0.2) is 24.3 Å². The summed E-state index contributed by atoms with van der Waals surface area (Å²) < 4.78 is 5.33. The second-order valence-electron chi connectivity index (χ2n) is 5.28. The number of benzene rings is 1. The molecular weight excluding hydrogens is 212 g/mol. The van der Waals surface area contributed by atoms with E-state index < -0.39 is 0 Å². The van der Waals surface area contributed by atoms with Crippen LogP contribution < -0.4 is 4.90 Å². The fraction of sp³-hybridized carbons (Fsp3) is 0.500. The summed E-state index contributed by atoms with van der Waals surface area (Å²) in [5.74, 6) is 0. The molecule has 3 heteroatoms. The Bertz CT molecular complexity index is 446. The lowest BCUT2D eigenvalue weighted by molar-refractivity contribution is -0.0731. The van der Waals surface area contributed by atoms with Crippen molar-refractivity contribution in [3.63, 3.8) is 0 Å². The topological polar surface area (TPSA) is 36.3 Å². The van der Waals surface area contributed by atoms with E-state index in [4.69, 9.17) is 10.00 Å². The van der Waals surface area contributed by atoms with E-state index in [1.54, 1.807) is 7.11 Å². The summed E-state index contributed by atoms with van der Waals surface area (Å²) in [4.78, 5) is 2.38. The first-order valence-corrected chi connectivity index (χ1v) is 6.03. The average molecular weight is 228 g/mol. The van der Waals surface area contributed by atoms with Gasteiger partial charge in [0.25, 0.3) is 0 Å². The molecule has 1 saturated carbocycles. The zero-order chi connectivity index (χ0) is 11.9. The summed E-state index contributed by atoms with van der Waals surface area (Å²) in [5, 5.41) is 8.75. The van der Waals surface area contributed by atoms with E-state index in [0.717, 1.165) is 18.7 Å². The minimum Gasteiger partial charge on any atom is -0.381 e. The monoisotopic (exact) mass is 228 g/mol. The first-order valence-electron chi connectivity index (χ1n) is 6.03. The van der Waals surface area contributed by atoms with Gasteiger partial charge in [-0.15, -0.1) is 0 Å². The smallest absolute Gasteiger partial charge is 0.0991 e. The van der Waals surface area contributed by atoms with E-state index >= 15 is 0 Å². The molecule has 2 fully saturated rings. The highest BCUT2D eigenvalue weighted by molar-refractivity contribution is 5.52. The predicted octanol–water partition coefficient (Wildman–Crippen LogP) is 2.17. The molecule has 0 radical (unpaired) electrons. The van der Waals surface area contributed by atoms with Crippen LogP contribution in [0.4, 0.5) is 5.69 Å². The molecule has 1 aromatic carbocycles. The molecule has 1 aromatic rings. The van der Waals surface area contributed by atoms with Gasteiger partial charge in [-0.25, -0.2) is 0 Å². The molecule has 0 unspecified atom stereocenters. The number of methoxy groups -OCH3 is 1. The van der Waals surface area contributed by atoms with E-state index in [9.17, 15) is 0 Å². The van der Waals surface area contributed by atoms with Gasteiger partial charge in [0, 0.05) is 31.3 Å². The van der Waals surface area contributed by atoms with Crippen molar-refractivity contribution in [2.45, 2.75) is 18.9 Å².